The lowest BCUT2D eigenvalue weighted by atomic mass is 9.95. The predicted octanol–water partition coefficient (Wildman–Crippen LogP) is 3.49. The fourth-order valence-electron chi connectivity index (χ4n) is 3.85. The molecule has 0 saturated heterocycles. The SMILES string of the molecule is CCC1CC(C(=O)O)C(c2nc3cccc(C)c3n2C)C1. The summed E-state index contributed by atoms with van der Waals surface area (Å²) in [4.78, 5) is 16.4. The number of para-hydroxylation sites is 1. The van der Waals surface area contributed by atoms with Gasteiger partial charge in [-0.05, 0) is 37.3 Å². The van der Waals surface area contributed by atoms with Crippen LogP contribution in [0.15, 0.2) is 18.2 Å². The topological polar surface area (TPSA) is 55.1 Å². The van der Waals surface area contributed by atoms with Crippen molar-refractivity contribution < 1.29 is 9.90 Å². The van der Waals surface area contributed by atoms with Crippen LogP contribution in [0.4, 0.5) is 0 Å². The Morgan fingerprint density at radius 1 is 1.43 bits per heavy atom. The summed E-state index contributed by atoms with van der Waals surface area (Å²) < 4.78 is 2.10. The highest BCUT2D eigenvalue weighted by molar-refractivity contribution is 5.80. The van der Waals surface area contributed by atoms with Gasteiger partial charge >= 0.3 is 5.97 Å². The Balaban J connectivity index is 2.09. The first-order chi connectivity index (χ1) is 10.0. The van der Waals surface area contributed by atoms with Crippen LogP contribution in [-0.4, -0.2) is 20.6 Å². The van der Waals surface area contributed by atoms with Crippen molar-refractivity contribution >= 4 is 17.0 Å². The third-order valence-electron chi connectivity index (χ3n) is 5.02. The lowest BCUT2D eigenvalue weighted by Gasteiger charge is -2.15. The highest BCUT2D eigenvalue weighted by Crippen LogP contribution is 2.44. The Hall–Kier alpha value is -1.84. The number of aryl methyl sites for hydroxylation is 2. The highest BCUT2D eigenvalue weighted by atomic mass is 16.4. The average molecular weight is 286 g/mol. The molecule has 1 heterocycles. The van der Waals surface area contributed by atoms with E-state index in [0.717, 1.165) is 36.1 Å². The fraction of sp³-hybridized carbons (Fsp3) is 0.529. The number of hydrogen-bond donors (Lipinski definition) is 1. The predicted molar refractivity (Wildman–Crippen MR) is 82.3 cm³/mol. The summed E-state index contributed by atoms with van der Waals surface area (Å²) in [6, 6.07) is 6.09. The van der Waals surface area contributed by atoms with Crippen LogP contribution in [0.2, 0.25) is 0 Å². The van der Waals surface area contributed by atoms with Gasteiger partial charge in [-0.2, -0.15) is 0 Å². The van der Waals surface area contributed by atoms with Crippen LogP contribution >= 0.6 is 0 Å². The zero-order chi connectivity index (χ0) is 15.1. The third kappa shape index (κ3) is 2.23. The minimum atomic E-state index is -0.681. The summed E-state index contributed by atoms with van der Waals surface area (Å²) in [6.07, 6.45) is 2.76. The number of carboxylic acid groups (broad SMARTS) is 1. The van der Waals surface area contributed by atoms with Gasteiger partial charge in [0.1, 0.15) is 5.82 Å². The molecule has 1 aliphatic carbocycles. The van der Waals surface area contributed by atoms with Gasteiger partial charge in [0.25, 0.3) is 0 Å². The molecule has 1 aromatic carbocycles. The van der Waals surface area contributed by atoms with E-state index in [0.29, 0.717) is 5.92 Å². The van der Waals surface area contributed by atoms with Crippen molar-refractivity contribution in [1.82, 2.24) is 9.55 Å². The number of aromatic nitrogens is 2. The zero-order valence-electron chi connectivity index (χ0n) is 12.8. The molecule has 1 N–H and O–H groups in total. The molecule has 2 aromatic rings. The lowest BCUT2D eigenvalue weighted by Crippen LogP contribution is -2.19. The van der Waals surface area contributed by atoms with Crippen molar-refractivity contribution in [3.05, 3.63) is 29.6 Å². The van der Waals surface area contributed by atoms with Crippen LogP contribution in [-0.2, 0) is 11.8 Å². The van der Waals surface area contributed by atoms with E-state index in [-0.39, 0.29) is 11.8 Å². The zero-order valence-corrected chi connectivity index (χ0v) is 12.8. The van der Waals surface area contributed by atoms with E-state index in [4.69, 9.17) is 4.98 Å². The maximum atomic E-state index is 11.6. The van der Waals surface area contributed by atoms with E-state index in [2.05, 4.69) is 24.5 Å². The molecular formula is C17H22N2O2. The van der Waals surface area contributed by atoms with E-state index in [1.165, 1.54) is 5.56 Å². The maximum Gasteiger partial charge on any atom is 0.307 e. The summed E-state index contributed by atoms with van der Waals surface area (Å²) in [7, 11) is 2.01. The molecule has 21 heavy (non-hydrogen) atoms. The number of imidazole rings is 1. The van der Waals surface area contributed by atoms with E-state index < -0.39 is 5.97 Å². The van der Waals surface area contributed by atoms with Gasteiger partial charge in [-0.15, -0.1) is 0 Å². The Morgan fingerprint density at radius 2 is 2.19 bits per heavy atom. The van der Waals surface area contributed by atoms with Crippen LogP contribution in [0.3, 0.4) is 0 Å². The van der Waals surface area contributed by atoms with E-state index in [9.17, 15) is 9.90 Å². The normalized spacial score (nSPS) is 25.6. The van der Waals surface area contributed by atoms with Crippen molar-refractivity contribution in [3.8, 4) is 0 Å². The Morgan fingerprint density at radius 3 is 2.81 bits per heavy atom. The fourth-order valence-corrected chi connectivity index (χ4v) is 3.85. The number of benzene rings is 1. The Bertz CT molecular complexity index is 689. The standard InChI is InChI=1S/C17H22N2O2/c1-4-11-8-12(13(9-11)17(20)21)16-18-14-7-5-6-10(2)15(14)19(16)3/h5-7,11-13H,4,8-9H2,1-3H3,(H,20,21). The van der Waals surface area contributed by atoms with Gasteiger partial charge < -0.3 is 9.67 Å². The molecule has 0 bridgehead atoms. The second-order valence-corrected chi connectivity index (χ2v) is 6.27. The van der Waals surface area contributed by atoms with Crippen molar-refractivity contribution in [3.63, 3.8) is 0 Å². The monoisotopic (exact) mass is 286 g/mol. The molecule has 0 radical (unpaired) electrons. The van der Waals surface area contributed by atoms with E-state index >= 15 is 0 Å². The molecule has 3 unspecified atom stereocenters. The summed E-state index contributed by atoms with van der Waals surface area (Å²) in [5, 5.41) is 9.54. The molecule has 4 heteroatoms. The first-order valence-electron chi connectivity index (χ1n) is 7.67. The van der Waals surface area contributed by atoms with Crippen LogP contribution in [0.25, 0.3) is 11.0 Å². The lowest BCUT2D eigenvalue weighted by molar-refractivity contribution is -0.142. The molecule has 1 aliphatic rings. The quantitative estimate of drug-likeness (QED) is 0.939. The Kier molecular flexibility index (Phi) is 3.47. The van der Waals surface area contributed by atoms with E-state index in [1.54, 1.807) is 0 Å². The number of aliphatic carboxylic acids is 1. The molecule has 0 amide bonds. The number of carbonyl (C=O) groups is 1. The molecule has 112 valence electrons. The van der Waals surface area contributed by atoms with Crippen LogP contribution in [0, 0.1) is 18.8 Å². The Labute approximate surface area is 124 Å². The summed E-state index contributed by atoms with van der Waals surface area (Å²) in [6.45, 7) is 4.22. The van der Waals surface area contributed by atoms with Crippen molar-refractivity contribution in [2.45, 2.75) is 39.0 Å². The van der Waals surface area contributed by atoms with Gasteiger partial charge in [-0.3, -0.25) is 4.79 Å². The average Bonchev–Trinajstić information content (AvgIpc) is 3.01. The van der Waals surface area contributed by atoms with Gasteiger partial charge in [0.15, 0.2) is 0 Å². The van der Waals surface area contributed by atoms with Gasteiger partial charge in [-0.25, -0.2) is 4.98 Å². The molecule has 4 nitrogen and oxygen atoms in total. The van der Waals surface area contributed by atoms with Crippen molar-refractivity contribution in [2.24, 2.45) is 18.9 Å². The molecule has 3 rings (SSSR count). The third-order valence-corrected chi connectivity index (χ3v) is 5.02. The highest BCUT2D eigenvalue weighted by Gasteiger charge is 2.41. The van der Waals surface area contributed by atoms with Crippen LogP contribution < -0.4 is 0 Å². The van der Waals surface area contributed by atoms with Gasteiger partial charge in [0.05, 0.1) is 17.0 Å². The number of hydrogen-bond acceptors (Lipinski definition) is 2. The van der Waals surface area contributed by atoms with Crippen molar-refractivity contribution in [2.75, 3.05) is 0 Å². The van der Waals surface area contributed by atoms with E-state index in [1.807, 2.05) is 19.2 Å². The molecule has 0 aliphatic heterocycles. The number of carboxylic acids is 1. The van der Waals surface area contributed by atoms with Crippen LogP contribution in [0.5, 0.6) is 0 Å². The summed E-state index contributed by atoms with van der Waals surface area (Å²) in [5.41, 5.74) is 3.28. The minimum Gasteiger partial charge on any atom is -0.481 e. The number of rotatable bonds is 3. The largest absolute Gasteiger partial charge is 0.481 e. The number of fused-ring (bicyclic) bond motifs is 1. The molecule has 1 aromatic heterocycles. The second-order valence-electron chi connectivity index (χ2n) is 6.27. The smallest absolute Gasteiger partial charge is 0.307 e. The molecule has 3 atom stereocenters. The van der Waals surface area contributed by atoms with Crippen LogP contribution in [0.1, 0.15) is 43.5 Å². The number of nitrogens with zero attached hydrogens (tertiary/aromatic N) is 2. The maximum absolute atomic E-state index is 11.6. The van der Waals surface area contributed by atoms with Crippen molar-refractivity contribution in [1.29, 1.82) is 0 Å². The second kappa shape index (κ2) is 5.17. The van der Waals surface area contributed by atoms with Gasteiger partial charge in [-0.1, -0.05) is 25.5 Å². The molecule has 1 fully saturated rings. The van der Waals surface area contributed by atoms with Gasteiger partial charge in [0.2, 0.25) is 0 Å². The molecule has 1 saturated carbocycles. The first-order valence-corrected chi connectivity index (χ1v) is 7.67. The summed E-state index contributed by atoms with van der Waals surface area (Å²) in [5.74, 6) is 0.481. The molecular weight excluding hydrogens is 264 g/mol. The first kappa shape index (κ1) is 14.1. The minimum absolute atomic E-state index is 0.0317. The summed E-state index contributed by atoms with van der Waals surface area (Å²) >= 11 is 0. The molecule has 0 spiro atoms. The van der Waals surface area contributed by atoms with Gasteiger partial charge in [0, 0.05) is 13.0 Å².